The Morgan fingerprint density at radius 3 is 2.58 bits per heavy atom. The smallest absolute Gasteiger partial charge is 0.236 e. The summed E-state index contributed by atoms with van der Waals surface area (Å²) in [5.74, 6) is 0.127. The number of rotatable bonds is 3. The molecule has 0 aliphatic carbocycles. The van der Waals surface area contributed by atoms with E-state index in [0.29, 0.717) is 6.54 Å². The second-order valence-electron chi connectivity index (χ2n) is 5.99. The van der Waals surface area contributed by atoms with Crippen molar-refractivity contribution in [3.63, 3.8) is 0 Å². The first-order valence-electron chi connectivity index (χ1n) is 6.79. The maximum absolute atomic E-state index is 12.5. The molecule has 1 aromatic heterocycles. The Labute approximate surface area is 114 Å². The van der Waals surface area contributed by atoms with Gasteiger partial charge in [0.05, 0.1) is 5.52 Å². The highest BCUT2D eigenvalue weighted by Gasteiger charge is 2.24. The van der Waals surface area contributed by atoms with Crippen molar-refractivity contribution in [1.29, 1.82) is 0 Å². The van der Waals surface area contributed by atoms with Gasteiger partial charge in [-0.05, 0) is 31.0 Å². The van der Waals surface area contributed by atoms with Gasteiger partial charge < -0.3 is 5.73 Å². The van der Waals surface area contributed by atoms with Crippen molar-refractivity contribution in [3.8, 4) is 0 Å². The summed E-state index contributed by atoms with van der Waals surface area (Å²) in [6, 6.07) is 8.07. The molecule has 1 aromatic carbocycles. The number of nitrogens with two attached hydrogens (primary N) is 1. The van der Waals surface area contributed by atoms with E-state index in [2.05, 4.69) is 6.07 Å². The summed E-state index contributed by atoms with van der Waals surface area (Å²) in [5, 5.41) is 1.16. The van der Waals surface area contributed by atoms with Crippen molar-refractivity contribution in [3.05, 3.63) is 36.0 Å². The molecule has 0 amide bonds. The second kappa shape index (κ2) is 5.17. The van der Waals surface area contributed by atoms with Crippen LogP contribution in [0.1, 0.15) is 37.6 Å². The monoisotopic (exact) mass is 258 g/mol. The van der Waals surface area contributed by atoms with Crippen LogP contribution in [0.2, 0.25) is 0 Å². The molecular weight excluding hydrogens is 236 g/mol. The van der Waals surface area contributed by atoms with Crippen molar-refractivity contribution in [2.24, 2.45) is 11.1 Å². The fourth-order valence-electron chi connectivity index (χ4n) is 2.27. The van der Waals surface area contributed by atoms with Crippen molar-refractivity contribution in [1.82, 2.24) is 4.57 Å². The number of fused-ring (bicyclic) bond motifs is 1. The van der Waals surface area contributed by atoms with Crippen LogP contribution in [0, 0.1) is 5.41 Å². The van der Waals surface area contributed by atoms with Gasteiger partial charge in [0.25, 0.3) is 0 Å². The highest BCUT2D eigenvalue weighted by Crippen LogP contribution is 2.26. The third-order valence-corrected chi connectivity index (χ3v) is 3.31. The van der Waals surface area contributed by atoms with Crippen LogP contribution >= 0.6 is 0 Å². The molecular formula is C16H22N2O. The number of aromatic nitrogens is 1. The molecule has 102 valence electrons. The largest absolute Gasteiger partial charge is 0.330 e. The number of carbonyl (C=O) groups is 1. The Morgan fingerprint density at radius 2 is 1.95 bits per heavy atom. The van der Waals surface area contributed by atoms with Gasteiger partial charge in [0, 0.05) is 17.0 Å². The van der Waals surface area contributed by atoms with E-state index < -0.39 is 0 Å². The minimum atomic E-state index is -0.382. The van der Waals surface area contributed by atoms with Gasteiger partial charge >= 0.3 is 0 Å². The SMILES string of the molecule is CC(C)(C)C(=O)n1cc(CCCN)c2ccccc21. The van der Waals surface area contributed by atoms with E-state index in [1.54, 1.807) is 4.57 Å². The summed E-state index contributed by atoms with van der Waals surface area (Å²) < 4.78 is 1.79. The van der Waals surface area contributed by atoms with Gasteiger partial charge in [-0.15, -0.1) is 0 Å². The summed E-state index contributed by atoms with van der Waals surface area (Å²) in [6.45, 7) is 6.52. The molecule has 0 radical (unpaired) electrons. The number of benzene rings is 1. The molecule has 3 heteroatoms. The average molecular weight is 258 g/mol. The second-order valence-corrected chi connectivity index (χ2v) is 5.99. The zero-order valence-electron chi connectivity index (χ0n) is 11.9. The van der Waals surface area contributed by atoms with Crippen LogP contribution in [0.3, 0.4) is 0 Å². The molecule has 0 aliphatic rings. The molecule has 0 atom stereocenters. The molecule has 0 saturated heterocycles. The number of nitrogens with zero attached hydrogens (tertiary/aromatic N) is 1. The predicted octanol–water partition coefficient (Wildman–Crippen LogP) is 3.22. The first-order chi connectivity index (χ1) is 8.95. The molecule has 0 aliphatic heterocycles. The van der Waals surface area contributed by atoms with E-state index in [4.69, 9.17) is 5.73 Å². The Balaban J connectivity index is 2.53. The minimum Gasteiger partial charge on any atom is -0.330 e. The quantitative estimate of drug-likeness (QED) is 0.919. The highest BCUT2D eigenvalue weighted by atomic mass is 16.2. The standard InChI is InChI=1S/C16H22N2O/c1-16(2,3)15(19)18-11-12(7-6-10-17)13-8-4-5-9-14(13)18/h4-5,8-9,11H,6-7,10,17H2,1-3H3. The van der Waals surface area contributed by atoms with Gasteiger partial charge in [0.2, 0.25) is 5.91 Å². The lowest BCUT2D eigenvalue weighted by Gasteiger charge is -2.17. The fraction of sp³-hybridized carbons (Fsp3) is 0.438. The van der Waals surface area contributed by atoms with Crippen LogP contribution in [0.4, 0.5) is 0 Å². The van der Waals surface area contributed by atoms with E-state index in [1.807, 2.05) is 45.2 Å². The van der Waals surface area contributed by atoms with Gasteiger partial charge in [-0.2, -0.15) is 0 Å². The molecule has 2 aromatic rings. The highest BCUT2D eigenvalue weighted by molar-refractivity contribution is 5.96. The van der Waals surface area contributed by atoms with Gasteiger partial charge in [-0.3, -0.25) is 9.36 Å². The molecule has 0 saturated carbocycles. The summed E-state index contributed by atoms with van der Waals surface area (Å²) in [6.07, 6.45) is 3.84. The lowest BCUT2D eigenvalue weighted by atomic mass is 9.95. The lowest BCUT2D eigenvalue weighted by molar-refractivity contribution is 0.0772. The summed E-state index contributed by atoms with van der Waals surface area (Å²) in [5.41, 5.74) is 7.40. The maximum atomic E-state index is 12.5. The van der Waals surface area contributed by atoms with E-state index >= 15 is 0 Å². The molecule has 3 nitrogen and oxygen atoms in total. The molecule has 0 fully saturated rings. The van der Waals surface area contributed by atoms with Gasteiger partial charge in [-0.1, -0.05) is 39.0 Å². The van der Waals surface area contributed by atoms with Gasteiger partial charge in [0.1, 0.15) is 0 Å². The molecule has 2 N–H and O–H groups in total. The molecule has 0 unspecified atom stereocenters. The zero-order chi connectivity index (χ0) is 14.0. The van der Waals surface area contributed by atoms with Crippen LogP contribution in [-0.4, -0.2) is 17.0 Å². The molecule has 1 heterocycles. The normalized spacial score (nSPS) is 12.0. The van der Waals surface area contributed by atoms with E-state index in [1.165, 1.54) is 5.56 Å². The van der Waals surface area contributed by atoms with Crippen molar-refractivity contribution >= 4 is 16.8 Å². The zero-order valence-corrected chi connectivity index (χ0v) is 11.9. The van der Waals surface area contributed by atoms with Crippen LogP contribution in [0.15, 0.2) is 30.5 Å². The number of hydrogen-bond donors (Lipinski definition) is 1. The van der Waals surface area contributed by atoms with Crippen LogP contribution in [0.5, 0.6) is 0 Å². The van der Waals surface area contributed by atoms with Crippen LogP contribution in [-0.2, 0) is 6.42 Å². The first kappa shape index (κ1) is 13.8. The van der Waals surface area contributed by atoms with Crippen molar-refractivity contribution in [2.45, 2.75) is 33.6 Å². The van der Waals surface area contributed by atoms with Gasteiger partial charge in [-0.25, -0.2) is 0 Å². The fourth-order valence-corrected chi connectivity index (χ4v) is 2.27. The molecule has 19 heavy (non-hydrogen) atoms. The predicted molar refractivity (Wildman–Crippen MR) is 79.4 cm³/mol. The van der Waals surface area contributed by atoms with Gasteiger partial charge in [0.15, 0.2) is 0 Å². The lowest BCUT2D eigenvalue weighted by Crippen LogP contribution is -2.26. The van der Waals surface area contributed by atoms with E-state index in [9.17, 15) is 4.79 Å². The number of hydrogen-bond acceptors (Lipinski definition) is 2. The third kappa shape index (κ3) is 2.71. The summed E-state index contributed by atoms with van der Waals surface area (Å²) in [7, 11) is 0. The van der Waals surface area contributed by atoms with Crippen molar-refractivity contribution in [2.75, 3.05) is 6.54 Å². The van der Waals surface area contributed by atoms with E-state index in [-0.39, 0.29) is 11.3 Å². The van der Waals surface area contributed by atoms with Crippen LogP contribution < -0.4 is 5.73 Å². The number of aryl methyl sites for hydroxylation is 1. The van der Waals surface area contributed by atoms with E-state index in [0.717, 1.165) is 23.7 Å². The topological polar surface area (TPSA) is 48.0 Å². The first-order valence-corrected chi connectivity index (χ1v) is 6.79. The minimum absolute atomic E-state index is 0.127. The van der Waals surface area contributed by atoms with Crippen LogP contribution in [0.25, 0.3) is 10.9 Å². The van der Waals surface area contributed by atoms with Crippen molar-refractivity contribution < 1.29 is 4.79 Å². The number of carbonyl (C=O) groups excluding carboxylic acids is 1. The Kier molecular flexibility index (Phi) is 3.76. The third-order valence-electron chi connectivity index (χ3n) is 3.31. The number of para-hydroxylation sites is 1. The maximum Gasteiger partial charge on any atom is 0.236 e. The average Bonchev–Trinajstić information content (AvgIpc) is 2.73. The molecule has 0 bridgehead atoms. The Morgan fingerprint density at radius 1 is 1.26 bits per heavy atom. The summed E-state index contributed by atoms with van der Waals surface area (Å²) in [4.78, 5) is 12.5. The molecule has 2 rings (SSSR count). The Bertz CT molecular complexity index is 590. The summed E-state index contributed by atoms with van der Waals surface area (Å²) >= 11 is 0. The molecule has 0 spiro atoms. The Hall–Kier alpha value is -1.61.